The van der Waals surface area contributed by atoms with Crippen molar-refractivity contribution in [2.45, 2.75) is 25.8 Å². The highest BCUT2D eigenvalue weighted by atomic mass is 16.4. The minimum absolute atomic E-state index is 0.00363. The molecule has 1 fully saturated rings. The molecule has 0 aliphatic carbocycles. The van der Waals surface area contributed by atoms with E-state index >= 15 is 0 Å². The third kappa shape index (κ3) is 3.21. The van der Waals surface area contributed by atoms with E-state index in [9.17, 15) is 14.4 Å². The fourth-order valence-corrected chi connectivity index (χ4v) is 2.53. The second-order valence-corrected chi connectivity index (χ2v) is 5.36. The summed E-state index contributed by atoms with van der Waals surface area (Å²) in [4.78, 5) is 36.2. The summed E-state index contributed by atoms with van der Waals surface area (Å²) in [7, 11) is 0. The second kappa shape index (κ2) is 5.95. The number of hydrogen-bond donors (Lipinski definition) is 2. The number of carboxylic acids is 1. The topological polar surface area (TPSA) is 101 Å². The maximum absolute atomic E-state index is 12.5. The van der Waals surface area contributed by atoms with E-state index in [1.54, 1.807) is 17.0 Å². The molecule has 1 aliphatic rings. The van der Waals surface area contributed by atoms with Crippen molar-refractivity contribution in [3.8, 4) is 0 Å². The van der Waals surface area contributed by atoms with E-state index in [4.69, 9.17) is 10.8 Å². The number of carbonyl (C=O) groups is 3. The van der Waals surface area contributed by atoms with Gasteiger partial charge in [0, 0.05) is 23.7 Å². The summed E-state index contributed by atoms with van der Waals surface area (Å²) < 4.78 is 0. The largest absolute Gasteiger partial charge is 0.481 e. The number of amides is 2. The Morgan fingerprint density at radius 1 is 1.14 bits per heavy atom. The lowest BCUT2D eigenvalue weighted by Crippen LogP contribution is -2.47. The number of carboxylic acid groups (broad SMARTS) is 1. The van der Waals surface area contributed by atoms with Gasteiger partial charge in [0.15, 0.2) is 0 Å². The maximum atomic E-state index is 12.5. The van der Waals surface area contributed by atoms with E-state index in [1.807, 2.05) is 6.92 Å². The molecule has 1 saturated heterocycles. The molecule has 6 heteroatoms. The van der Waals surface area contributed by atoms with Crippen LogP contribution in [0.15, 0.2) is 24.3 Å². The predicted molar refractivity (Wildman–Crippen MR) is 75.8 cm³/mol. The molecule has 2 unspecified atom stereocenters. The number of aliphatic carboxylic acids is 1. The van der Waals surface area contributed by atoms with Crippen LogP contribution in [0, 0.1) is 5.92 Å². The summed E-state index contributed by atoms with van der Waals surface area (Å²) >= 11 is 0. The fourth-order valence-electron chi connectivity index (χ4n) is 2.53. The van der Waals surface area contributed by atoms with Gasteiger partial charge in [0.2, 0.25) is 5.91 Å². The Labute approximate surface area is 122 Å². The average Bonchev–Trinajstić information content (AvgIpc) is 2.47. The molecule has 6 nitrogen and oxygen atoms in total. The molecule has 1 aromatic carbocycles. The van der Waals surface area contributed by atoms with Crippen LogP contribution in [0.5, 0.6) is 0 Å². The van der Waals surface area contributed by atoms with Gasteiger partial charge in [-0.1, -0.05) is 0 Å². The molecule has 2 atom stereocenters. The highest BCUT2D eigenvalue weighted by Crippen LogP contribution is 2.24. The summed E-state index contributed by atoms with van der Waals surface area (Å²) in [6.45, 7) is 2.13. The molecule has 3 N–H and O–H groups in total. The first-order valence-corrected chi connectivity index (χ1v) is 6.83. The molecule has 112 valence electrons. The summed E-state index contributed by atoms with van der Waals surface area (Å²) in [5.74, 6) is -2.16. The van der Waals surface area contributed by atoms with Crippen molar-refractivity contribution < 1.29 is 19.5 Å². The summed E-state index contributed by atoms with van der Waals surface area (Å²) in [5, 5.41) is 9.10. The zero-order valence-corrected chi connectivity index (χ0v) is 11.8. The highest BCUT2D eigenvalue weighted by Gasteiger charge is 2.32. The van der Waals surface area contributed by atoms with E-state index in [-0.39, 0.29) is 18.5 Å². The van der Waals surface area contributed by atoms with Crippen LogP contribution in [0.3, 0.4) is 0 Å². The molecule has 2 amide bonds. The van der Waals surface area contributed by atoms with Gasteiger partial charge in [0.25, 0.3) is 5.91 Å². The Balaban J connectivity index is 2.17. The molecule has 1 heterocycles. The number of nitrogens with zero attached hydrogens (tertiary/aromatic N) is 1. The fraction of sp³-hybridized carbons (Fsp3) is 0.400. The number of primary amides is 1. The first-order chi connectivity index (χ1) is 9.90. The van der Waals surface area contributed by atoms with Crippen LogP contribution in [0.1, 0.15) is 40.5 Å². The third-order valence-corrected chi connectivity index (χ3v) is 3.91. The Bertz CT molecular complexity index is 568. The van der Waals surface area contributed by atoms with Crippen molar-refractivity contribution in [2.75, 3.05) is 6.54 Å². The Morgan fingerprint density at radius 3 is 2.24 bits per heavy atom. The number of carbonyl (C=O) groups excluding carboxylic acids is 2. The molecule has 0 bridgehead atoms. The van der Waals surface area contributed by atoms with Crippen LogP contribution in [0.2, 0.25) is 0 Å². The molecule has 0 spiro atoms. The standard InChI is InChI=1S/C15H18N2O4/c1-9-2-3-12(15(20)21)8-17(9)14(19)11-6-4-10(5-7-11)13(16)18/h4-7,9,12H,2-3,8H2,1H3,(H2,16,18)(H,20,21). The van der Waals surface area contributed by atoms with Crippen LogP contribution < -0.4 is 5.73 Å². The molecule has 1 aliphatic heterocycles. The van der Waals surface area contributed by atoms with Gasteiger partial charge in [-0.15, -0.1) is 0 Å². The normalized spacial score (nSPS) is 21.9. The smallest absolute Gasteiger partial charge is 0.308 e. The van der Waals surface area contributed by atoms with Crippen molar-refractivity contribution in [1.29, 1.82) is 0 Å². The quantitative estimate of drug-likeness (QED) is 0.870. The molecular formula is C15H18N2O4. The van der Waals surface area contributed by atoms with E-state index in [0.29, 0.717) is 24.0 Å². The van der Waals surface area contributed by atoms with Gasteiger partial charge in [-0.05, 0) is 44.0 Å². The number of likely N-dealkylation sites (tertiary alicyclic amines) is 1. The van der Waals surface area contributed by atoms with Gasteiger partial charge in [-0.3, -0.25) is 14.4 Å². The number of rotatable bonds is 3. The van der Waals surface area contributed by atoms with Crippen LogP contribution >= 0.6 is 0 Å². The van der Waals surface area contributed by atoms with Crippen molar-refractivity contribution in [1.82, 2.24) is 4.90 Å². The van der Waals surface area contributed by atoms with Gasteiger partial charge >= 0.3 is 5.97 Å². The van der Waals surface area contributed by atoms with Gasteiger partial charge < -0.3 is 15.7 Å². The van der Waals surface area contributed by atoms with E-state index in [2.05, 4.69) is 0 Å². The zero-order chi connectivity index (χ0) is 15.6. The zero-order valence-electron chi connectivity index (χ0n) is 11.8. The SMILES string of the molecule is CC1CCC(C(=O)O)CN1C(=O)c1ccc(C(N)=O)cc1. The van der Waals surface area contributed by atoms with E-state index in [1.165, 1.54) is 12.1 Å². The Kier molecular flexibility index (Phi) is 4.26. The number of benzene rings is 1. The molecule has 0 saturated carbocycles. The maximum Gasteiger partial charge on any atom is 0.308 e. The predicted octanol–water partition coefficient (Wildman–Crippen LogP) is 1.11. The first-order valence-electron chi connectivity index (χ1n) is 6.83. The Hall–Kier alpha value is -2.37. The lowest BCUT2D eigenvalue weighted by molar-refractivity contribution is -0.143. The lowest BCUT2D eigenvalue weighted by atomic mass is 9.93. The minimum atomic E-state index is -0.872. The van der Waals surface area contributed by atoms with Crippen LogP contribution in [0.4, 0.5) is 0 Å². The molecule has 0 aromatic heterocycles. The number of hydrogen-bond acceptors (Lipinski definition) is 3. The van der Waals surface area contributed by atoms with Crippen molar-refractivity contribution in [2.24, 2.45) is 11.7 Å². The number of piperidine rings is 1. The second-order valence-electron chi connectivity index (χ2n) is 5.36. The van der Waals surface area contributed by atoms with Gasteiger partial charge in [0.05, 0.1) is 5.92 Å². The lowest BCUT2D eigenvalue weighted by Gasteiger charge is -2.36. The molecular weight excluding hydrogens is 272 g/mol. The first kappa shape index (κ1) is 15.0. The molecule has 1 aromatic rings. The van der Waals surface area contributed by atoms with Gasteiger partial charge in [-0.2, -0.15) is 0 Å². The summed E-state index contributed by atoms with van der Waals surface area (Å²) in [5.41, 5.74) is 5.92. The molecule has 0 radical (unpaired) electrons. The Morgan fingerprint density at radius 2 is 1.71 bits per heavy atom. The number of nitrogens with two attached hydrogens (primary N) is 1. The van der Waals surface area contributed by atoms with Crippen molar-refractivity contribution in [3.05, 3.63) is 35.4 Å². The van der Waals surface area contributed by atoms with Crippen LogP contribution in [0.25, 0.3) is 0 Å². The van der Waals surface area contributed by atoms with Crippen LogP contribution in [-0.2, 0) is 4.79 Å². The van der Waals surface area contributed by atoms with Gasteiger partial charge in [0.1, 0.15) is 0 Å². The van der Waals surface area contributed by atoms with Crippen molar-refractivity contribution in [3.63, 3.8) is 0 Å². The summed E-state index contributed by atoms with van der Waals surface area (Å²) in [6, 6.07) is 6.08. The van der Waals surface area contributed by atoms with Gasteiger partial charge in [-0.25, -0.2) is 0 Å². The monoisotopic (exact) mass is 290 g/mol. The van der Waals surface area contributed by atoms with E-state index in [0.717, 1.165) is 0 Å². The average molecular weight is 290 g/mol. The van der Waals surface area contributed by atoms with Crippen molar-refractivity contribution >= 4 is 17.8 Å². The molecule has 2 rings (SSSR count). The minimum Gasteiger partial charge on any atom is -0.481 e. The van der Waals surface area contributed by atoms with E-state index < -0.39 is 17.8 Å². The molecule has 21 heavy (non-hydrogen) atoms. The van der Waals surface area contributed by atoms with Crippen LogP contribution in [-0.4, -0.2) is 40.4 Å². The summed E-state index contributed by atoms with van der Waals surface area (Å²) in [6.07, 6.45) is 1.25. The third-order valence-electron chi connectivity index (χ3n) is 3.91. The highest BCUT2D eigenvalue weighted by molar-refractivity contribution is 5.97.